The fourth-order valence-electron chi connectivity index (χ4n) is 2.83. The van der Waals surface area contributed by atoms with Crippen LogP contribution in [-0.4, -0.2) is 35.9 Å². The standard InChI is InChI=1S/C20H21N3O4/c1-3-17-19(25)23(20(26)22-17)12-13-4-6-14(7-5-13)18(24)21-15-8-10-16(27-2)11-9-15/h4-11,17H,3,12H2,1-2H3,(H,21,24)(H,22,26)/t17-/m1/s1. The molecule has 0 radical (unpaired) electrons. The number of hydrogen-bond acceptors (Lipinski definition) is 4. The minimum atomic E-state index is -0.452. The maximum absolute atomic E-state index is 12.3. The van der Waals surface area contributed by atoms with E-state index in [-0.39, 0.29) is 24.4 Å². The Hall–Kier alpha value is -3.35. The van der Waals surface area contributed by atoms with E-state index in [4.69, 9.17) is 4.74 Å². The summed E-state index contributed by atoms with van der Waals surface area (Å²) in [5.41, 5.74) is 1.92. The summed E-state index contributed by atoms with van der Waals surface area (Å²) in [6.45, 7) is 2.03. The van der Waals surface area contributed by atoms with E-state index >= 15 is 0 Å². The van der Waals surface area contributed by atoms with E-state index in [1.807, 2.05) is 6.92 Å². The van der Waals surface area contributed by atoms with Gasteiger partial charge in [0.15, 0.2) is 0 Å². The van der Waals surface area contributed by atoms with Gasteiger partial charge in [-0.2, -0.15) is 0 Å². The second-order valence-corrected chi connectivity index (χ2v) is 6.21. The molecule has 4 amide bonds. The molecule has 2 aromatic rings. The zero-order chi connectivity index (χ0) is 19.4. The number of methoxy groups -OCH3 is 1. The van der Waals surface area contributed by atoms with Crippen molar-refractivity contribution in [3.63, 3.8) is 0 Å². The van der Waals surface area contributed by atoms with Gasteiger partial charge in [-0.25, -0.2) is 4.79 Å². The molecule has 0 spiro atoms. The lowest BCUT2D eigenvalue weighted by atomic mass is 10.1. The highest BCUT2D eigenvalue weighted by atomic mass is 16.5. The van der Waals surface area contributed by atoms with Gasteiger partial charge in [-0.15, -0.1) is 0 Å². The zero-order valence-corrected chi connectivity index (χ0v) is 15.2. The van der Waals surface area contributed by atoms with Crippen molar-refractivity contribution in [2.24, 2.45) is 0 Å². The number of carbonyl (C=O) groups excluding carboxylic acids is 3. The number of amides is 4. The Morgan fingerprint density at radius 2 is 1.78 bits per heavy atom. The topological polar surface area (TPSA) is 87.7 Å². The van der Waals surface area contributed by atoms with E-state index in [0.29, 0.717) is 23.4 Å². The van der Waals surface area contributed by atoms with Crippen molar-refractivity contribution in [3.8, 4) is 5.75 Å². The molecule has 7 nitrogen and oxygen atoms in total. The Morgan fingerprint density at radius 1 is 1.11 bits per heavy atom. The highest BCUT2D eigenvalue weighted by Gasteiger charge is 2.36. The van der Waals surface area contributed by atoms with E-state index < -0.39 is 6.04 Å². The van der Waals surface area contributed by atoms with Crippen molar-refractivity contribution in [2.45, 2.75) is 25.9 Å². The van der Waals surface area contributed by atoms with Gasteiger partial charge in [-0.3, -0.25) is 14.5 Å². The SMILES string of the molecule is CC[C@H]1NC(=O)N(Cc2ccc(C(=O)Nc3ccc(OC)cc3)cc2)C1=O. The molecule has 1 saturated heterocycles. The molecular weight excluding hydrogens is 346 g/mol. The molecule has 2 aromatic carbocycles. The number of urea groups is 1. The van der Waals surface area contributed by atoms with Gasteiger partial charge in [0.1, 0.15) is 11.8 Å². The first-order valence-corrected chi connectivity index (χ1v) is 8.68. The molecule has 0 saturated carbocycles. The Balaban J connectivity index is 1.63. The van der Waals surface area contributed by atoms with Crippen LogP contribution in [0.25, 0.3) is 0 Å². The Bertz CT molecular complexity index is 847. The molecule has 3 rings (SSSR count). The third-order valence-electron chi connectivity index (χ3n) is 4.42. The number of nitrogens with zero attached hydrogens (tertiary/aromatic N) is 1. The first-order valence-electron chi connectivity index (χ1n) is 8.68. The molecule has 1 aliphatic rings. The van der Waals surface area contributed by atoms with Gasteiger partial charge in [0, 0.05) is 11.3 Å². The lowest BCUT2D eigenvalue weighted by Gasteiger charge is -2.13. The maximum atomic E-state index is 12.3. The van der Waals surface area contributed by atoms with Gasteiger partial charge in [0.2, 0.25) is 0 Å². The van der Waals surface area contributed by atoms with Gasteiger partial charge in [0.25, 0.3) is 11.8 Å². The molecule has 1 fully saturated rings. The van der Waals surface area contributed by atoms with Gasteiger partial charge in [0.05, 0.1) is 13.7 Å². The van der Waals surface area contributed by atoms with Crippen molar-refractivity contribution in [3.05, 3.63) is 59.7 Å². The fourth-order valence-corrected chi connectivity index (χ4v) is 2.83. The molecule has 1 atom stereocenters. The quantitative estimate of drug-likeness (QED) is 0.769. The second kappa shape index (κ2) is 7.90. The van der Waals surface area contributed by atoms with Crippen LogP contribution >= 0.6 is 0 Å². The molecule has 140 valence electrons. The number of nitrogens with one attached hydrogen (secondary N) is 2. The summed E-state index contributed by atoms with van der Waals surface area (Å²) < 4.78 is 5.09. The molecule has 0 unspecified atom stereocenters. The summed E-state index contributed by atoms with van der Waals surface area (Å²) in [7, 11) is 1.58. The number of anilines is 1. The average Bonchev–Trinajstić information content (AvgIpc) is 2.96. The number of benzene rings is 2. The first-order chi connectivity index (χ1) is 13.0. The smallest absolute Gasteiger partial charge is 0.325 e. The summed E-state index contributed by atoms with van der Waals surface area (Å²) in [5.74, 6) is 0.250. The molecule has 1 aliphatic heterocycles. The van der Waals surface area contributed by atoms with Gasteiger partial charge >= 0.3 is 6.03 Å². The molecule has 0 aromatic heterocycles. The highest BCUT2D eigenvalue weighted by Crippen LogP contribution is 2.17. The van der Waals surface area contributed by atoms with Crippen LogP contribution in [0.15, 0.2) is 48.5 Å². The van der Waals surface area contributed by atoms with Crippen LogP contribution in [-0.2, 0) is 11.3 Å². The maximum Gasteiger partial charge on any atom is 0.325 e. The normalized spacial score (nSPS) is 16.2. The third-order valence-corrected chi connectivity index (χ3v) is 4.42. The number of hydrogen-bond donors (Lipinski definition) is 2. The number of imide groups is 1. The van der Waals surface area contributed by atoms with Crippen molar-refractivity contribution in [2.75, 3.05) is 12.4 Å². The second-order valence-electron chi connectivity index (χ2n) is 6.21. The summed E-state index contributed by atoms with van der Waals surface area (Å²) in [6.07, 6.45) is 0.561. The van der Waals surface area contributed by atoms with Crippen LogP contribution in [0.3, 0.4) is 0 Å². The molecule has 1 heterocycles. The van der Waals surface area contributed by atoms with E-state index in [1.54, 1.807) is 55.6 Å². The molecule has 0 bridgehead atoms. The molecule has 7 heteroatoms. The molecular formula is C20H21N3O4. The van der Waals surface area contributed by atoms with Gasteiger partial charge in [-0.05, 0) is 48.4 Å². The van der Waals surface area contributed by atoms with E-state index in [0.717, 1.165) is 5.56 Å². The largest absolute Gasteiger partial charge is 0.497 e. The first kappa shape index (κ1) is 18.4. The van der Waals surface area contributed by atoms with Crippen LogP contribution in [0.1, 0.15) is 29.3 Å². The third kappa shape index (κ3) is 4.08. The van der Waals surface area contributed by atoms with E-state index in [9.17, 15) is 14.4 Å². The Morgan fingerprint density at radius 3 is 2.33 bits per heavy atom. The van der Waals surface area contributed by atoms with Crippen molar-refractivity contribution in [1.82, 2.24) is 10.2 Å². The summed E-state index contributed by atoms with van der Waals surface area (Å²) in [6, 6.07) is 13.0. The highest BCUT2D eigenvalue weighted by molar-refractivity contribution is 6.05. The predicted octanol–water partition coefficient (Wildman–Crippen LogP) is 2.78. The van der Waals surface area contributed by atoms with Crippen molar-refractivity contribution in [1.29, 1.82) is 0 Å². The lowest BCUT2D eigenvalue weighted by molar-refractivity contribution is -0.127. The van der Waals surface area contributed by atoms with Crippen LogP contribution in [0.5, 0.6) is 5.75 Å². The minimum Gasteiger partial charge on any atom is -0.497 e. The van der Waals surface area contributed by atoms with E-state index in [2.05, 4.69) is 10.6 Å². The van der Waals surface area contributed by atoms with Crippen LogP contribution in [0, 0.1) is 0 Å². The fraction of sp³-hybridized carbons (Fsp3) is 0.250. The van der Waals surface area contributed by atoms with Crippen LogP contribution < -0.4 is 15.4 Å². The summed E-state index contributed by atoms with van der Waals surface area (Å²) in [4.78, 5) is 37.6. The van der Waals surface area contributed by atoms with Crippen molar-refractivity contribution < 1.29 is 19.1 Å². The summed E-state index contributed by atoms with van der Waals surface area (Å²) >= 11 is 0. The Kier molecular flexibility index (Phi) is 5.40. The predicted molar refractivity (Wildman–Crippen MR) is 101 cm³/mol. The summed E-state index contributed by atoms with van der Waals surface area (Å²) in [5, 5.41) is 5.46. The van der Waals surface area contributed by atoms with Crippen molar-refractivity contribution >= 4 is 23.5 Å². The monoisotopic (exact) mass is 367 g/mol. The lowest BCUT2D eigenvalue weighted by Crippen LogP contribution is -2.30. The average molecular weight is 367 g/mol. The number of carbonyl (C=O) groups is 3. The zero-order valence-electron chi connectivity index (χ0n) is 15.2. The van der Waals surface area contributed by atoms with Crippen LogP contribution in [0.2, 0.25) is 0 Å². The van der Waals surface area contributed by atoms with E-state index in [1.165, 1.54) is 4.90 Å². The van der Waals surface area contributed by atoms with Gasteiger partial charge in [-0.1, -0.05) is 19.1 Å². The number of ether oxygens (including phenoxy) is 1. The van der Waals surface area contributed by atoms with Gasteiger partial charge < -0.3 is 15.4 Å². The Labute approximate surface area is 157 Å². The van der Waals surface area contributed by atoms with Crippen LogP contribution in [0.4, 0.5) is 10.5 Å². The molecule has 0 aliphatic carbocycles. The molecule has 27 heavy (non-hydrogen) atoms. The molecule has 2 N–H and O–H groups in total. The minimum absolute atomic E-state index is 0.182. The number of rotatable bonds is 6.